The van der Waals surface area contributed by atoms with Gasteiger partial charge in [-0.2, -0.15) is 0 Å². The van der Waals surface area contributed by atoms with Crippen LogP contribution < -0.4 is 5.56 Å². The molecule has 6 nitrogen and oxygen atoms in total. The number of nitrogens with zero attached hydrogens (tertiary/aromatic N) is 4. The molecule has 3 rings (SSSR count). The fourth-order valence-corrected chi connectivity index (χ4v) is 3.40. The Bertz CT molecular complexity index is 646. The maximum absolute atomic E-state index is 12.0. The van der Waals surface area contributed by atoms with Crippen molar-refractivity contribution >= 4 is 16.3 Å². The molecule has 0 bridgehead atoms. The summed E-state index contributed by atoms with van der Waals surface area (Å²) in [6.45, 7) is 5.95. The molecule has 114 valence electrons. The van der Waals surface area contributed by atoms with Crippen LogP contribution in [0.3, 0.4) is 0 Å². The monoisotopic (exact) mass is 308 g/mol. The van der Waals surface area contributed by atoms with E-state index in [1.807, 2.05) is 5.38 Å². The second kappa shape index (κ2) is 6.65. The maximum atomic E-state index is 12.0. The van der Waals surface area contributed by atoms with E-state index in [2.05, 4.69) is 14.8 Å². The van der Waals surface area contributed by atoms with Crippen LogP contribution in [0.5, 0.6) is 0 Å². The highest BCUT2D eigenvalue weighted by molar-refractivity contribution is 7.15. The molecule has 1 N–H and O–H groups in total. The van der Waals surface area contributed by atoms with E-state index in [9.17, 15) is 4.79 Å². The quantitative estimate of drug-likeness (QED) is 0.858. The van der Waals surface area contributed by atoms with Gasteiger partial charge in [-0.1, -0.05) is 0 Å². The molecule has 0 aliphatic carbocycles. The topological polar surface area (TPSA) is 61.1 Å². The van der Waals surface area contributed by atoms with E-state index in [1.54, 1.807) is 16.7 Å². The summed E-state index contributed by atoms with van der Waals surface area (Å²) < 4.78 is 1.58. The number of thiazole rings is 1. The smallest absolute Gasteiger partial charge is 0.258 e. The average molecular weight is 308 g/mol. The number of aliphatic hydroxyl groups is 1. The fraction of sp³-hybridized carbons (Fsp3) is 0.571. The van der Waals surface area contributed by atoms with Crippen LogP contribution in [0.15, 0.2) is 22.4 Å². The molecule has 3 heterocycles. The van der Waals surface area contributed by atoms with Crippen LogP contribution in [-0.2, 0) is 6.54 Å². The predicted molar refractivity (Wildman–Crippen MR) is 82.8 cm³/mol. The molecule has 21 heavy (non-hydrogen) atoms. The van der Waals surface area contributed by atoms with Crippen LogP contribution in [0.2, 0.25) is 0 Å². The molecular formula is C14H20N4O2S. The Morgan fingerprint density at radius 2 is 2.00 bits per heavy atom. The molecular weight excluding hydrogens is 288 g/mol. The van der Waals surface area contributed by atoms with E-state index >= 15 is 0 Å². The number of fused-ring (bicyclic) bond motifs is 1. The molecule has 1 fully saturated rings. The van der Waals surface area contributed by atoms with E-state index in [-0.39, 0.29) is 12.2 Å². The first-order valence-electron chi connectivity index (χ1n) is 7.27. The number of aliphatic hydroxyl groups excluding tert-OH is 1. The largest absolute Gasteiger partial charge is 0.396 e. The van der Waals surface area contributed by atoms with Gasteiger partial charge in [0.25, 0.3) is 5.56 Å². The predicted octanol–water partition coefficient (Wildman–Crippen LogP) is 0.256. The molecule has 0 radical (unpaired) electrons. The van der Waals surface area contributed by atoms with Crippen molar-refractivity contribution in [3.05, 3.63) is 33.7 Å². The molecule has 1 saturated heterocycles. The SMILES string of the molecule is O=c1cc(CN2CCN(CCCO)CC2)nc2sccn12. The van der Waals surface area contributed by atoms with Crippen LogP contribution in [0.4, 0.5) is 0 Å². The first-order valence-corrected chi connectivity index (χ1v) is 8.15. The van der Waals surface area contributed by atoms with E-state index in [1.165, 1.54) is 11.3 Å². The average Bonchev–Trinajstić information content (AvgIpc) is 2.95. The van der Waals surface area contributed by atoms with Crippen LogP contribution >= 0.6 is 11.3 Å². The zero-order chi connectivity index (χ0) is 14.7. The summed E-state index contributed by atoms with van der Waals surface area (Å²) in [6, 6.07) is 1.64. The summed E-state index contributed by atoms with van der Waals surface area (Å²) in [7, 11) is 0. The van der Waals surface area contributed by atoms with E-state index in [0.29, 0.717) is 0 Å². The Labute approximate surface area is 127 Å². The van der Waals surface area contributed by atoms with Crippen LogP contribution in [0, 0.1) is 0 Å². The Morgan fingerprint density at radius 3 is 2.76 bits per heavy atom. The third kappa shape index (κ3) is 3.49. The van der Waals surface area contributed by atoms with Gasteiger partial charge in [-0.25, -0.2) is 4.98 Å². The highest BCUT2D eigenvalue weighted by Gasteiger charge is 2.17. The third-order valence-electron chi connectivity index (χ3n) is 3.84. The minimum absolute atomic E-state index is 0.00201. The van der Waals surface area contributed by atoms with Crippen LogP contribution in [-0.4, -0.2) is 63.6 Å². The summed E-state index contributed by atoms with van der Waals surface area (Å²) in [5.74, 6) is 0. The molecule has 0 aromatic carbocycles. The van der Waals surface area contributed by atoms with Crippen LogP contribution in [0.1, 0.15) is 12.1 Å². The lowest BCUT2D eigenvalue weighted by Crippen LogP contribution is -2.46. The lowest BCUT2D eigenvalue weighted by atomic mass is 10.2. The van der Waals surface area contributed by atoms with Gasteiger partial charge in [-0.3, -0.25) is 14.1 Å². The lowest BCUT2D eigenvalue weighted by Gasteiger charge is -2.34. The van der Waals surface area contributed by atoms with Crippen molar-refractivity contribution in [1.29, 1.82) is 0 Å². The van der Waals surface area contributed by atoms with Gasteiger partial charge in [0.2, 0.25) is 0 Å². The molecule has 1 aliphatic rings. The zero-order valence-electron chi connectivity index (χ0n) is 11.9. The minimum atomic E-state index is -0.00201. The number of piperazine rings is 1. The summed E-state index contributed by atoms with van der Waals surface area (Å²) in [5.41, 5.74) is 0.851. The minimum Gasteiger partial charge on any atom is -0.396 e. The summed E-state index contributed by atoms with van der Waals surface area (Å²) in [4.78, 5) is 22.0. The Hall–Kier alpha value is -1.28. The second-order valence-electron chi connectivity index (χ2n) is 5.34. The fourth-order valence-electron chi connectivity index (χ4n) is 2.66. The first-order chi connectivity index (χ1) is 10.3. The Balaban J connectivity index is 1.60. The maximum Gasteiger partial charge on any atom is 0.258 e. The lowest BCUT2D eigenvalue weighted by molar-refractivity contribution is 0.119. The van der Waals surface area contributed by atoms with Gasteiger partial charge in [0.05, 0.1) is 5.69 Å². The number of rotatable bonds is 5. The van der Waals surface area contributed by atoms with Gasteiger partial charge >= 0.3 is 0 Å². The van der Waals surface area contributed by atoms with Crippen molar-refractivity contribution in [3.8, 4) is 0 Å². The highest BCUT2D eigenvalue weighted by atomic mass is 32.1. The van der Waals surface area contributed by atoms with E-state index < -0.39 is 0 Å². The highest BCUT2D eigenvalue weighted by Crippen LogP contribution is 2.10. The second-order valence-corrected chi connectivity index (χ2v) is 6.21. The van der Waals surface area contributed by atoms with E-state index in [4.69, 9.17) is 5.11 Å². The van der Waals surface area contributed by atoms with Gasteiger partial charge in [-0.05, 0) is 6.42 Å². The molecule has 7 heteroatoms. The van der Waals surface area contributed by atoms with Gasteiger partial charge < -0.3 is 10.0 Å². The van der Waals surface area contributed by atoms with Gasteiger partial charge in [0, 0.05) is 63.5 Å². The van der Waals surface area contributed by atoms with Crippen molar-refractivity contribution in [1.82, 2.24) is 19.2 Å². The molecule has 0 atom stereocenters. The third-order valence-corrected chi connectivity index (χ3v) is 4.60. The van der Waals surface area contributed by atoms with Gasteiger partial charge in [-0.15, -0.1) is 11.3 Å². The summed E-state index contributed by atoms with van der Waals surface area (Å²) >= 11 is 1.49. The summed E-state index contributed by atoms with van der Waals surface area (Å²) in [6.07, 6.45) is 2.60. The summed E-state index contributed by atoms with van der Waals surface area (Å²) in [5, 5.41) is 10.7. The Kier molecular flexibility index (Phi) is 4.64. The van der Waals surface area contributed by atoms with Crippen LogP contribution in [0.25, 0.3) is 4.96 Å². The van der Waals surface area contributed by atoms with E-state index in [0.717, 1.165) is 56.3 Å². The normalized spacial score (nSPS) is 17.6. The van der Waals surface area contributed by atoms with Crippen molar-refractivity contribution in [2.24, 2.45) is 0 Å². The molecule has 0 saturated carbocycles. The number of aromatic nitrogens is 2. The molecule has 2 aromatic heterocycles. The van der Waals surface area contributed by atoms with Crippen molar-refractivity contribution in [2.75, 3.05) is 39.3 Å². The van der Waals surface area contributed by atoms with Crippen molar-refractivity contribution in [3.63, 3.8) is 0 Å². The van der Waals surface area contributed by atoms with Crippen molar-refractivity contribution < 1.29 is 5.11 Å². The van der Waals surface area contributed by atoms with Crippen molar-refractivity contribution in [2.45, 2.75) is 13.0 Å². The molecule has 2 aromatic rings. The van der Waals surface area contributed by atoms with Gasteiger partial charge in [0.1, 0.15) is 0 Å². The molecule has 0 spiro atoms. The molecule has 0 amide bonds. The van der Waals surface area contributed by atoms with Gasteiger partial charge in [0.15, 0.2) is 4.96 Å². The molecule has 1 aliphatic heterocycles. The first kappa shape index (κ1) is 14.6. The Morgan fingerprint density at radius 1 is 1.24 bits per heavy atom. The standard InChI is InChI=1S/C14H20N4O2S/c19-8-1-2-16-3-5-17(6-4-16)11-12-10-13(20)18-7-9-21-14(18)15-12/h7,9-10,19H,1-6,8,11H2. The molecule has 0 unspecified atom stereocenters. The number of hydrogen-bond donors (Lipinski definition) is 1. The zero-order valence-corrected chi connectivity index (χ0v) is 12.8. The number of hydrogen-bond acceptors (Lipinski definition) is 6.